The van der Waals surface area contributed by atoms with Gasteiger partial charge in [-0.3, -0.25) is 9.69 Å². The van der Waals surface area contributed by atoms with E-state index in [9.17, 15) is 4.79 Å². The average Bonchev–Trinajstić information content (AvgIpc) is 3.22. The smallest absolute Gasteiger partial charge is 0.222 e. The highest BCUT2D eigenvalue weighted by Gasteiger charge is 2.42. The van der Waals surface area contributed by atoms with Crippen LogP contribution in [0.5, 0.6) is 0 Å². The van der Waals surface area contributed by atoms with Gasteiger partial charge in [-0.1, -0.05) is 18.2 Å². The third-order valence-electron chi connectivity index (χ3n) is 7.83. The number of H-pyrrole nitrogens is 1. The number of likely N-dealkylation sites (N-methyl/N-ethyl adjacent to an activating group) is 1. The average molecular weight is 425 g/mol. The fourth-order valence-corrected chi connectivity index (χ4v) is 5.75. The van der Waals surface area contributed by atoms with Crippen molar-refractivity contribution in [3.63, 3.8) is 0 Å². The molecular formula is C25H36N4O2. The predicted molar refractivity (Wildman–Crippen MR) is 123 cm³/mol. The van der Waals surface area contributed by atoms with Crippen molar-refractivity contribution in [2.75, 3.05) is 52.9 Å². The molecule has 1 spiro atoms. The number of nitrogens with one attached hydrogen (secondary N) is 1. The largest absolute Gasteiger partial charge is 0.375 e. The minimum atomic E-state index is -0.0140. The quantitative estimate of drug-likeness (QED) is 0.820. The minimum Gasteiger partial charge on any atom is -0.375 e. The second kappa shape index (κ2) is 8.93. The fraction of sp³-hybridized carbons (Fsp3) is 0.640. The summed E-state index contributed by atoms with van der Waals surface area (Å²) in [5, 5.41) is 1.23. The van der Waals surface area contributed by atoms with Crippen molar-refractivity contribution in [1.82, 2.24) is 19.7 Å². The zero-order chi connectivity index (χ0) is 21.3. The van der Waals surface area contributed by atoms with Crippen LogP contribution in [0.3, 0.4) is 0 Å². The normalized spacial score (nSPS) is 25.3. The third kappa shape index (κ3) is 4.52. The second-order valence-electron chi connectivity index (χ2n) is 9.76. The van der Waals surface area contributed by atoms with E-state index >= 15 is 0 Å². The topological polar surface area (TPSA) is 51.8 Å². The number of nitrogens with zero attached hydrogens (tertiary/aromatic N) is 3. The van der Waals surface area contributed by atoms with E-state index in [1.54, 1.807) is 0 Å². The monoisotopic (exact) mass is 424 g/mol. The SMILES string of the molecule is CN1CCN(C2CCOC3(CCN(C(=O)CCc4c[nH]c5ccccc45)CC3)C2)CC1. The maximum atomic E-state index is 12.9. The lowest BCUT2D eigenvalue weighted by atomic mass is 9.81. The van der Waals surface area contributed by atoms with E-state index < -0.39 is 0 Å². The third-order valence-corrected chi connectivity index (χ3v) is 7.83. The maximum Gasteiger partial charge on any atom is 0.222 e. The van der Waals surface area contributed by atoms with E-state index in [-0.39, 0.29) is 11.5 Å². The molecule has 6 nitrogen and oxygen atoms in total. The van der Waals surface area contributed by atoms with Crippen LogP contribution >= 0.6 is 0 Å². The van der Waals surface area contributed by atoms with Gasteiger partial charge in [0, 0.05) is 75.4 Å². The lowest BCUT2D eigenvalue weighted by molar-refractivity contribution is -0.150. The Morgan fingerprint density at radius 2 is 1.90 bits per heavy atom. The van der Waals surface area contributed by atoms with Crippen molar-refractivity contribution in [2.45, 2.75) is 50.2 Å². The zero-order valence-corrected chi connectivity index (χ0v) is 18.8. The number of ether oxygens (including phenoxy) is 1. The Balaban J connectivity index is 1.13. The van der Waals surface area contributed by atoms with Crippen molar-refractivity contribution in [3.8, 4) is 0 Å². The van der Waals surface area contributed by atoms with Gasteiger partial charge in [0.1, 0.15) is 0 Å². The Morgan fingerprint density at radius 3 is 2.71 bits per heavy atom. The number of benzene rings is 1. The standard InChI is InChI=1S/C25H36N4O2/c1-27-13-15-28(16-14-27)21-8-17-31-25(18-21)9-11-29(12-10-25)24(30)7-6-20-19-26-23-5-3-2-4-22(20)23/h2-5,19,21,26H,6-18H2,1H3. The number of carbonyl (C=O) groups excluding carboxylic acids is 1. The molecule has 1 unspecified atom stereocenters. The van der Waals surface area contributed by atoms with Crippen LogP contribution in [0.1, 0.15) is 37.7 Å². The highest BCUT2D eigenvalue weighted by atomic mass is 16.5. The van der Waals surface area contributed by atoms with Gasteiger partial charge in [-0.05, 0) is 50.8 Å². The molecule has 0 saturated carbocycles. The number of amides is 1. The molecule has 0 radical (unpaired) electrons. The van der Waals surface area contributed by atoms with Gasteiger partial charge < -0.3 is 19.5 Å². The molecule has 1 amide bonds. The summed E-state index contributed by atoms with van der Waals surface area (Å²) in [6.07, 6.45) is 7.68. The number of piperazine rings is 1. The number of aromatic amines is 1. The molecule has 4 heterocycles. The summed E-state index contributed by atoms with van der Waals surface area (Å²) >= 11 is 0. The molecule has 2 aromatic rings. The van der Waals surface area contributed by atoms with Gasteiger partial charge in [-0.15, -0.1) is 0 Å². The molecule has 1 aromatic heterocycles. The van der Waals surface area contributed by atoms with Crippen molar-refractivity contribution in [1.29, 1.82) is 0 Å². The summed E-state index contributed by atoms with van der Waals surface area (Å²) in [4.78, 5) is 23.4. The second-order valence-corrected chi connectivity index (χ2v) is 9.76. The summed E-state index contributed by atoms with van der Waals surface area (Å²) in [7, 11) is 2.22. The Morgan fingerprint density at radius 1 is 1.13 bits per heavy atom. The Bertz CT molecular complexity index is 894. The van der Waals surface area contributed by atoms with Crippen LogP contribution in [0.15, 0.2) is 30.5 Å². The number of hydrogen-bond donors (Lipinski definition) is 1. The first-order valence-electron chi connectivity index (χ1n) is 12.0. The summed E-state index contributed by atoms with van der Waals surface area (Å²) in [5.74, 6) is 0.284. The molecule has 3 aliphatic rings. The summed E-state index contributed by atoms with van der Waals surface area (Å²) < 4.78 is 6.36. The van der Waals surface area contributed by atoms with Crippen molar-refractivity contribution in [3.05, 3.63) is 36.0 Å². The van der Waals surface area contributed by atoms with E-state index in [4.69, 9.17) is 4.74 Å². The highest BCUT2D eigenvalue weighted by molar-refractivity contribution is 5.84. The molecule has 1 aromatic carbocycles. The number of likely N-dealkylation sites (tertiary alicyclic amines) is 1. The van der Waals surface area contributed by atoms with Gasteiger partial charge in [0.25, 0.3) is 0 Å². The van der Waals surface area contributed by atoms with Gasteiger partial charge in [0.05, 0.1) is 5.60 Å². The fourth-order valence-electron chi connectivity index (χ4n) is 5.75. The van der Waals surface area contributed by atoms with Crippen molar-refractivity contribution < 1.29 is 9.53 Å². The van der Waals surface area contributed by atoms with E-state index in [0.717, 1.165) is 57.3 Å². The molecule has 0 aliphatic carbocycles. The number of hydrogen-bond acceptors (Lipinski definition) is 4. The van der Waals surface area contributed by atoms with Crippen LogP contribution in [-0.2, 0) is 16.0 Å². The number of aromatic nitrogens is 1. The van der Waals surface area contributed by atoms with Crippen molar-refractivity contribution >= 4 is 16.8 Å². The molecule has 1 atom stereocenters. The lowest BCUT2D eigenvalue weighted by Gasteiger charge is -2.49. The van der Waals surface area contributed by atoms with Crippen LogP contribution in [0.4, 0.5) is 0 Å². The zero-order valence-electron chi connectivity index (χ0n) is 18.8. The molecular weight excluding hydrogens is 388 g/mol. The first kappa shape index (κ1) is 21.0. The van der Waals surface area contributed by atoms with Gasteiger partial charge in [0.15, 0.2) is 0 Å². The number of fused-ring (bicyclic) bond motifs is 1. The van der Waals surface area contributed by atoms with E-state index in [0.29, 0.717) is 12.5 Å². The number of carbonyl (C=O) groups is 1. The molecule has 0 bridgehead atoms. The first-order chi connectivity index (χ1) is 15.1. The van der Waals surface area contributed by atoms with Crippen molar-refractivity contribution in [2.24, 2.45) is 0 Å². The summed E-state index contributed by atoms with van der Waals surface area (Å²) in [6, 6.07) is 8.97. The maximum absolute atomic E-state index is 12.9. The van der Waals surface area contributed by atoms with Gasteiger partial charge in [-0.2, -0.15) is 0 Å². The molecule has 168 valence electrons. The number of para-hydroxylation sites is 1. The van der Waals surface area contributed by atoms with Crippen LogP contribution in [0, 0.1) is 0 Å². The molecule has 3 fully saturated rings. The van der Waals surface area contributed by atoms with Gasteiger partial charge in [0.2, 0.25) is 5.91 Å². The Labute approximate surface area is 185 Å². The number of aryl methyl sites for hydroxylation is 1. The Kier molecular flexibility index (Phi) is 6.04. The summed E-state index contributed by atoms with van der Waals surface area (Å²) in [5.41, 5.74) is 2.37. The highest BCUT2D eigenvalue weighted by Crippen LogP contribution is 2.37. The molecule has 31 heavy (non-hydrogen) atoms. The first-order valence-corrected chi connectivity index (χ1v) is 12.0. The van der Waals surface area contributed by atoms with E-state index in [1.165, 1.54) is 37.1 Å². The predicted octanol–water partition coefficient (Wildman–Crippen LogP) is 2.89. The van der Waals surface area contributed by atoms with Crippen LogP contribution in [-0.4, -0.2) is 90.2 Å². The van der Waals surface area contributed by atoms with Gasteiger partial charge >= 0.3 is 0 Å². The van der Waals surface area contributed by atoms with Crippen LogP contribution < -0.4 is 0 Å². The van der Waals surface area contributed by atoms with E-state index in [1.807, 2.05) is 6.07 Å². The molecule has 3 saturated heterocycles. The molecule has 6 heteroatoms. The molecule has 3 aliphatic heterocycles. The molecule has 1 N–H and O–H groups in total. The molecule has 5 rings (SSSR count). The summed E-state index contributed by atoms with van der Waals surface area (Å²) in [6.45, 7) is 7.23. The Hall–Kier alpha value is -1.89. The van der Waals surface area contributed by atoms with Crippen LogP contribution in [0.2, 0.25) is 0 Å². The van der Waals surface area contributed by atoms with E-state index in [2.05, 4.69) is 51.1 Å². The minimum absolute atomic E-state index is 0.0140. The number of piperidine rings is 1. The van der Waals surface area contributed by atoms with Gasteiger partial charge in [-0.25, -0.2) is 0 Å². The van der Waals surface area contributed by atoms with Crippen LogP contribution in [0.25, 0.3) is 10.9 Å². The number of rotatable bonds is 4. The lowest BCUT2D eigenvalue weighted by Crippen LogP contribution is -2.57.